The number of carboxylic acids is 2. The summed E-state index contributed by atoms with van der Waals surface area (Å²) < 4.78 is 0.203. The molecule has 1 saturated heterocycles. The molecule has 0 spiro atoms. The summed E-state index contributed by atoms with van der Waals surface area (Å²) in [4.78, 5) is 36.3. The van der Waals surface area contributed by atoms with E-state index in [-0.39, 0.29) is 15.8 Å². The van der Waals surface area contributed by atoms with E-state index in [1.807, 2.05) is 0 Å². The summed E-state index contributed by atoms with van der Waals surface area (Å²) in [6.07, 6.45) is 1.57. The Morgan fingerprint density at radius 1 is 1.21 bits per heavy atom. The van der Waals surface area contributed by atoms with Crippen molar-refractivity contribution < 1.29 is 24.6 Å². The maximum atomic E-state index is 12.5. The number of aliphatic carboxylic acids is 1. The number of nitrogens with zero attached hydrogens (tertiary/aromatic N) is 1. The molecule has 24 heavy (non-hydrogen) atoms. The van der Waals surface area contributed by atoms with Crippen LogP contribution in [-0.4, -0.2) is 43.3 Å². The number of carboxylic acid groups (broad SMARTS) is 2. The van der Waals surface area contributed by atoms with Gasteiger partial charge in [-0.05, 0) is 29.7 Å². The molecule has 1 aliphatic heterocycles. The van der Waals surface area contributed by atoms with Crippen molar-refractivity contribution in [3.05, 3.63) is 40.3 Å². The lowest BCUT2D eigenvalue weighted by molar-refractivity contribution is -0.146. The van der Waals surface area contributed by atoms with E-state index >= 15 is 0 Å². The molecule has 1 fully saturated rings. The molecule has 1 atom stereocenters. The van der Waals surface area contributed by atoms with Crippen LogP contribution in [0.15, 0.2) is 29.2 Å². The Hall–Kier alpha value is -2.19. The van der Waals surface area contributed by atoms with Crippen LogP contribution < -0.4 is 0 Å². The summed E-state index contributed by atoms with van der Waals surface area (Å²) in [7, 11) is 0. The molecule has 8 heteroatoms. The highest BCUT2D eigenvalue weighted by molar-refractivity contribution is 8.26. The van der Waals surface area contributed by atoms with E-state index in [1.54, 1.807) is 32.1 Å². The van der Waals surface area contributed by atoms with Gasteiger partial charge in [0.25, 0.3) is 5.91 Å². The van der Waals surface area contributed by atoms with E-state index in [2.05, 4.69) is 0 Å². The standard InChI is InChI=1S/C16H15NO5S2/c1-8(2)12(15(21)22)17-13(18)11(24-16(17)23)7-9-3-5-10(6-4-9)14(19)20/h3-8,12H,1-2H3,(H,19,20)(H,21,22)/t12-/m1/s1. The molecule has 0 unspecified atom stereocenters. The predicted molar refractivity (Wildman–Crippen MR) is 94.7 cm³/mol. The topological polar surface area (TPSA) is 94.9 Å². The monoisotopic (exact) mass is 365 g/mol. The number of amides is 1. The van der Waals surface area contributed by atoms with E-state index in [1.165, 1.54) is 12.1 Å². The first-order chi connectivity index (χ1) is 11.2. The van der Waals surface area contributed by atoms with Crippen LogP contribution in [0.5, 0.6) is 0 Å². The molecule has 1 aromatic carbocycles. The first-order valence-corrected chi connectivity index (χ1v) is 8.28. The van der Waals surface area contributed by atoms with Gasteiger partial charge in [0.15, 0.2) is 0 Å². The van der Waals surface area contributed by atoms with Gasteiger partial charge in [-0.1, -0.05) is 50.0 Å². The zero-order valence-corrected chi connectivity index (χ0v) is 14.6. The van der Waals surface area contributed by atoms with Crippen LogP contribution in [0.2, 0.25) is 0 Å². The van der Waals surface area contributed by atoms with Gasteiger partial charge in [0.05, 0.1) is 10.5 Å². The predicted octanol–water partition coefficient (Wildman–Crippen LogP) is 2.70. The molecule has 0 aromatic heterocycles. The third-order valence-electron chi connectivity index (χ3n) is 3.44. The molecule has 1 aromatic rings. The van der Waals surface area contributed by atoms with E-state index < -0.39 is 23.9 Å². The highest BCUT2D eigenvalue weighted by atomic mass is 32.2. The summed E-state index contributed by atoms with van der Waals surface area (Å²) in [5, 5.41) is 18.2. The Morgan fingerprint density at radius 2 is 1.79 bits per heavy atom. The number of benzene rings is 1. The number of aromatic carboxylic acids is 1. The summed E-state index contributed by atoms with van der Waals surface area (Å²) in [6.45, 7) is 3.43. The minimum absolute atomic E-state index is 0.144. The van der Waals surface area contributed by atoms with E-state index in [9.17, 15) is 19.5 Å². The third-order valence-corrected chi connectivity index (χ3v) is 4.77. The van der Waals surface area contributed by atoms with Crippen LogP contribution in [0.1, 0.15) is 29.8 Å². The summed E-state index contributed by atoms with van der Waals surface area (Å²) >= 11 is 6.21. The van der Waals surface area contributed by atoms with Crippen molar-refractivity contribution in [1.82, 2.24) is 4.90 Å². The molecule has 0 bridgehead atoms. The van der Waals surface area contributed by atoms with Crippen molar-refractivity contribution in [2.45, 2.75) is 19.9 Å². The lowest BCUT2D eigenvalue weighted by Crippen LogP contribution is -2.47. The molecular weight excluding hydrogens is 350 g/mol. The maximum Gasteiger partial charge on any atom is 0.335 e. The highest BCUT2D eigenvalue weighted by Gasteiger charge is 2.41. The first kappa shape index (κ1) is 18.2. The van der Waals surface area contributed by atoms with Gasteiger partial charge >= 0.3 is 11.9 Å². The number of thiocarbonyl (C=S) groups is 1. The van der Waals surface area contributed by atoms with Crippen molar-refractivity contribution in [2.24, 2.45) is 5.92 Å². The Kier molecular flexibility index (Phi) is 5.40. The summed E-state index contributed by atoms with van der Waals surface area (Å²) in [5.41, 5.74) is 0.780. The van der Waals surface area contributed by atoms with Gasteiger partial charge in [-0.3, -0.25) is 9.69 Å². The van der Waals surface area contributed by atoms with E-state index in [4.69, 9.17) is 17.3 Å². The number of hydrogen-bond acceptors (Lipinski definition) is 5. The molecular formula is C16H15NO5S2. The maximum absolute atomic E-state index is 12.5. The lowest BCUT2D eigenvalue weighted by atomic mass is 10.0. The van der Waals surface area contributed by atoms with Gasteiger partial charge in [-0.25, -0.2) is 9.59 Å². The van der Waals surface area contributed by atoms with Crippen molar-refractivity contribution in [3.8, 4) is 0 Å². The van der Waals surface area contributed by atoms with Crippen LogP contribution in [0.4, 0.5) is 0 Å². The average molecular weight is 365 g/mol. The van der Waals surface area contributed by atoms with Crippen LogP contribution in [0, 0.1) is 5.92 Å². The van der Waals surface area contributed by atoms with E-state index in [0.29, 0.717) is 10.5 Å². The van der Waals surface area contributed by atoms with Gasteiger partial charge in [-0.2, -0.15) is 0 Å². The van der Waals surface area contributed by atoms with Gasteiger partial charge in [0.2, 0.25) is 0 Å². The molecule has 0 aliphatic carbocycles. The lowest BCUT2D eigenvalue weighted by Gasteiger charge is -2.26. The number of hydrogen-bond donors (Lipinski definition) is 2. The highest BCUT2D eigenvalue weighted by Crippen LogP contribution is 2.35. The Bertz CT molecular complexity index is 739. The van der Waals surface area contributed by atoms with Crippen molar-refractivity contribution >= 4 is 52.2 Å². The second-order valence-electron chi connectivity index (χ2n) is 5.51. The molecule has 0 saturated carbocycles. The molecule has 6 nitrogen and oxygen atoms in total. The van der Waals surface area contributed by atoms with E-state index in [0.717, 1.165) is 16.7 Å². The van der Waals surface area contributed by atoms with Gasteiger partial charge < -0.3 is 10.2 Å². The fourth-order valence-corrected chi connectivity index (χ4v) is 3.62. The Balaban J connectivity index is 2.30. The Morgan fingerprint density at radius 3 is 2.25 bits per heavy atom. The molecule has 1 aliphatic rings. The van der Waals surface area contributed by atoms with Crippen molar-refractivity contribution in [1.29, 1.82) is 0 Å². The number of carbonyl (C=O) groups is 3. The van der Waals surface area contributed by atoms with Gasteiger partial charge in [0, 0.05) is 0 Å². The summed E-state index contributed by atoms with van der Waals surface area (Å²) in [5.74, 6) is -2.88. The first-order valence-electron chi connectivity index (χ1n) is 7.05. The molecule has 0 radical (unpaired) electrons. The largest absolute Gasteiger partial charge is 0.480 e. The Labute approximate surface area is 148 Å². The summed E-state index contributed by atoms with van der Waals surface area (Å²) in [6, 6.07) is 5.00. The van der Waals surface area contributed by atoms with Crippen LogP contribution >= 0.6 is 24.0 Å². The smallest absolute Gasteiger partial charge is 0.335 e. The van der Waals surface area contributed by atoms with Gasteiger partial charge in [0.1, 0.15) is 10.4 Å². The minimum atomic E-state index is -1.10. The fourth-order valence-electron chi connectivity index (χ4n) is 2.29. The van der Waals surface area contributed by atoms with Crippen LogP contribution in [-0.2, 0) is 9.59 Å². The number of thioether (sulfide) groups is 1. The molecule has 2 N–H and O–H groups in total. The number of carbonyl (C=O) groups excluding carboxylic acids is 1. The zero-order chi connectivity index (χ0) is 18.0. The minimum Gasteiger partial charge on any atom is -0.480 e. The zero-order valence-electron chi connectivity index (χ0n) is 12.9. The molecule has 1 amide bonds. The average Bonchev–Trinajstić information content (AvgIpc) is 2.75. The van der Waals surface area contributed by atoms with Gasteiger partial charge in [-0.15, -0.1) is 0 Å². The molecule has 126 valence electrons. The molecule has 2 rings (SSSR count). The van der Waals surface area contributed by atoms with Crippen LogP contribution in [0.3, 0.4) is 0 Å². The van der Waals surface area contributed by atoms with Crippen molar-refractivity contribution in [2.75, 3.05) is 0 Å². The second kappa shape index (κ2) is 7.14. The fraction of sp³-hybridized carbons (Fsp3) is 0.250. The quantitative estimate of drug-likeness (QED) is 0.612. The van der Waals surface area contributed by atoms with Crippen molar-refractivity contribution in [3.63, 3.8) is 0 Å². The van der Waals surface area contributed by atoms with Crippen LogP contribution in [0.25, 0.3) is 6.08 Å². The normalized spacial score (nSPS) is 17.6. The second-order valence-corrected chi connectivity index (χ2v) is 7.18. The third kappa shape index (κ3) is 3.65. The SMILES string of the molecule is CC(C)[C@H](C(=O)O)N1C(=O)C(=Cc2ccc(C(=O)O)cc2)SC1=S. The molecule has 1 heterocycles. The number of rotatable bonds is 5.